The topological polar surface area (TPSA) is 56.7 Å². The lowest BCUT2D eigenvalue weighted by atomic mass is 9.84. The van der Waals surface area contributed by atoms with Gasteiger partial charge in [0.15, 0.2) is 5.65 Å². The molecule has 2 bridgehead atoms. The highest BCUT2D eigenvalue weighted by Crippen LogP contribution is 2.51. The highest BCUT2D eigenvalue weighted by molar-refractivity contribution is 5.71. The summed E-state index contributed by atoms with van der Waals surface area (Å²) >= 11 is 0. The van der Waals surface area contributed by atoms with E-state index in [2.05, 4.69) is 22.7 Å². The van der Waals surface area contributed by atoms with Gasteiger partial charge in [0.1, 0.15) is 5.82 Å². The Kier molecular flexibility index (Phi) is 2.07. The van der Waals surface area contributed by atoms with Gasteiger partial charge in [0.05, 0.1) is 5.52 Å². The summed E-state index contributed by atoms with van der Waals surface area (Å²) in [6, 6.07) is 4.34. The van der Waals surface area contributed by atoms with Crippen molar-refractivity contribution in [1.29, 1.82) is 0 Å². The summed E-state index contributed by atoms with van der Waals surface area (Å²) in [7, 11) is 2.09. The van der Waals surface area contributed by atoms with E-state index in [1.807, 2.05) is 6.07 Å². The molecular formula is C14H18N4. The molecule has 0 aliphatic heterocycles. The summed E-state index contributed by atoms with van der Waals surface area (Å²) < 4.78 is 2.19. The van der Waals surface area contributed by atoms with Crippen molar-refractivity contribution in [2.45, 2.75) is 31.2 Å². The molecule has 2 N–H and O–H groups in total. The van der Waals surface area contributed by atoms with Gasteiger partial charge in [-0.05, 0) is 43.2 Å². The Labute approximate surface area is 106 Å². The first-order valence-electron chi connectivity index (χ1n) is 6.78. The summed E-state index contributed by atoms with van der Waals surface area (Å²) in [5, 5.41) is 0. The quantitative estimate of drug-likeness (QED) is 0.829. The van der Waals surface area contributed by atoms with Crippen molar-refractivity contribution in [3.05, 3.63) is 24.2 Å². The zero-order valence-corrected chi connectivity index (χ0v) is 10.6. The van der Waals surface area contributed by atoms with E-state index < -0.39 is 0 Å². The van der Waals surface area contributed by atoms with E-state index in [9.17, 15) is 0 Å². The van der Waals surface area contributed by atoms with Gasteiger partial charge >= 0.3 is 0 Å². The van der Waals surface area contributed by atoms with Crippen LogP contribution in [0.5, 0.6) is 0 Å². The number of nitrogens with two attached hydrogens (primary N) is 1. The normalized spacial score (nSPS) is 34.6. The van der Waals surface area contributed by atoms with Crippen LogP contribution in [0.4, 0.5) is 0 Å². The molecule has 2 fully saturated rings. The van der Waals surface area contributed by atoms with E-state index >= 15 is 0 Å². The van der Waals surface area contributed by atoms with Gasteiger partial charge in [-0.3, -0.25) is 0 Å². The number of pyridine rings is 1. The molecule has 4 nitrogen and oxygen atoms in total. The van der Waals surface area contributed by atoms with E-state index in [1.54, 1.807) is 6.20 Å². The molecule has 2 aliphatic carbocycles. The molecule has 4 heteroatoms. The zero-order chi connectivity index (χ0) is 12.3. The lowest BCUT2D eigenvalue weighted by molar-refractivity contribution is 0.350. The van der Waals surface area contributed by atoms with E-state index in [0.29, 0.717) is 17.9 Å². The molecule has 0 saturated heterocycles. The van der Waals surface area contributed by atoms with Crippen molar-refractivity contribution in [3.8, 4) is 0 Å². The van der Waals surface area contributed by atoms with Crippen LogP contribution in [0, 0.1) is 11.8 Å². The summed E-state index contributed by atoms with van der Waals surface area (Å²) in [6.07, 6.45) is 5.73. The predicted octanol–water partition coefficient (Wildman–Crippen LogP) is 1.81. The van der Waals surface area contributed by atoms with Crippen LogP contribution < -0.4 is 5.73 Å². The molecule has 2 aromatic rings. The van der Waals surface area contributed by atoms with Gasteiger partial charge in [-0.25, -0.2) is 9.97 Å². The molecule has 2 saturated carbocycles. The van der Waals surface area contributed by atoms with Gasteiger partial charge in [-0.1, -0.05) is 0 Å². The minimum absolute atomic E-state index is 0.291. The van der Waals surface area contributed by atoms with Gasteiger partial charge in [-0.15, -0.1) is 0 Å². The highest BCUT2D eigenvalue weighted by Gasteiger charge is 2.48. The molecule has 0 aromatic carbocycles. The fourth-order valence-electron chi connectivity index (χ4n) is 4.06. The van der Waals surface area contributed by atoms with Crippen LogP contribution in [0.2, 0.25) is 0 Å². The number of imidazole rings is 1. The Bertz CT molecular complexity index is 601. The van der Waals surface area contributed by atoms with Crippen molar-refractivity contribution in [2.75, 3.05) is 0 Å². The van der Waals surface area contributed by atoms with Crippen LogP contribution in [0.3, 0.4) is 0 Å². The smallest absolute Gasteiger partial charge is 0.177 e. The molecule has 0 spiro atoms. The lowest BCUT2D eigenvalue weighted by Crippen LogP contribution is -2.35. The molecule has 0 radical (unpaired) electrons. The molecule has 0 amide bonds. The number of fused-ring (bicyclic) bond motifs is 3. The average molecular weight is 242 g/mol. The van der Waals surface area contributed by atoms with E-state index in [4.69, 9.17) is 10.7 Å². The van der Waals surface area contributed by atoms with Crippen molar-refractivity contribution in [1.82, 2.24) is 14.5 Å². The third-order valence-corrected chi connectivity index (χ3v) is 4.97. The van der Waals surface area contributed by atoms with Gasteiger partial charge < -0.3 is 10.3 Å². The molecule has 4 atom stereocenters. The first-order chi connectivity index (χ1) is 8.75. The first kappa shape index (κ1) is 10.5. The second-order valence-electron chi connectivity index (χ2n) is 5.81. The first-order valence-corrected chi connectivity index (χ1v) is 6.78. The molecule has 18 heavy (non-hydrogen) atoms. The van der Waals surface area contributed by atoms with E-state index in [-0.39, 0.29) is 0 Å². The third kappa shape index (κ3) is 1.24. The highest BCUT2D eigenvalue weighted by atomic mass is 15.1. The summed E-state index contributed by atoms with van der Waals surface area (Å²) in [6.45, 7) is 0. The van der Waals surface area contributed by atoms with Crippen LogP contribution in [-0.4, -0.2) is 20.6 Å². The maximum atomic E-state index is 6.41. The second kappa shape index (κ2) is 3.54. The Morgan fingerprint density at radius 2 is 2.17 bits per heavy atom. The summed E-state index contributed by atoms with van der Waals surface area (Å²) in [5.74, 6) is 3.03. The molecule has 2 heterocycles. The standard InChI is InChI=1S/C14H18N4/c1-18-10-3-2-6-16-13(10)17-14(18)11-8-4-5-9(7-8)12(11)15/h2-3,6,8-9,11-12H,4-5,7,15H2,1H3. The number of aromatic nitrogens is 3. The second-order valence-corrected chi connectivity index (χ2v) is 5.81. The van der Waals surface area contributed by atoms with Crippen LogP contribution >= 0.6 is 0 Å². The fourth-order valence-corrected chi connectivity index (χ4v) is 4.06. The zero-order valence-electron chi connectivity index (χ0n) is 10.6. The third-order valence-electron chi connectivity index (χ3n) is 4.97. The molecule has 2 aromatic heterocycles. The minimum Gasteiger partial charge on any atom is -0.329 e. The van der Waals surface area contributed by atoms with Crippen LogP contribution in [0.1, 0.15) is 31.0 Å². The van der Waals surface area contributed by atoms with Crippen molar-refractivity contribution in [3.63, 3.8) is 0 Å². The Morgan fingerprint density at radius 1 is 1.33 bits per heavy atom. The lowest BCUT2D eigenvalue weighted by Gasteiger charge is -2.27. The van der Waals surface area contributed by atoms with Gasteiger partial charge in [0, 0.05) is 25.2 Å². The number of nitrogens with zero attached hydrogens (tertiary/aromatic N) is 3. The van der Waals surface area contributed by atoms with Gasteiger partial charge in [0.25, 0.3) is 0 Å². The SMILES string of the molecule is Cn1c(C2C3CCC(C3)C2N)nc2ncccc21. The molecule has 2 aliphatic rings. The average Bonchev–Trinajstić information content (AvgIpc) is 3.04. The summed E-state index contributed by atoms with van der Waals surface area (Å²) in [5.41, 5.74) is 8.38. The molecular weight excluding hydrogens is 224 g/mol. The Hall–Kier alpha value is -1.42. The van der Waals surface area contributed by atoms with Gasteiger partial charge in [-0.2, -0.15) is 0 Å². The van der Waals surface area contributed by atoms with Crippen LogP contribution in [-0.2, 0) is 7.05 Å². The summed E-state index contributed by atoms with van der Waals surface area (Å²) in [4.78, 5) is 9.08. The maximum Gasteiger partial charge on any atom is 0.177 e. The monoisotopic (exact) mass is 242 g/mol. The maximum absolute atomic E-state index is 6.41. The number of aryl methyl sites for hydroxylation is 1. The van der Waals surface area contributed by atoms with Gasteiger partial charge in [0.2, 0.25) is 0 Å². The molecule has 4 unspecified atom stereocenters. The Morgan fingerprint density at radius 3 is 2.89 bits per heavy atom. The fraction of sp³-hybridized carbons (Fsp3) is 0.571. The number of rotatable bonds is 1. The molecule has 4 rings (SSSR count). The van der Waals surface area contributed by atoms with E-state index in [1.165, 1.54) is 19.3 Å². The van der Waals surface area contributed by atoms with Crippen molar-refractivity contribution >= 4 is 11.2 Å². The Balaban J connectivity index is 1.85. The minimum atomic E-state index is 0.291. The largest absolute Gasteiger partial charge is 0.329 e. The number of hydrogen-bond donors (Lipinski definition) is 1. The van der Waals surface area contributed by atoms with Crippen LogP contribution in [0.25, 0.3) is 11.2 Å². The van der Waals surface area contributed by atoms with E-state index in [0.717, 1.165) is 22.9 Å². The van der Waals surface area contributed by atoms with Crippen molar-refractivity contribution in [2.24, 2.45) is 24.6 Å². The van der Waals surface area contributed by atoms with Crippen LogP contribution in [0.15, 0.2) is 18.3 Å². The van der Waals surface area contributed by atoms with Crippen molar-refractivity contribution < 1.29 is 0 Å². The predicted molar refractivity (Wildman–Crippen MR) is 70.1 cm³/mol. The number of hydrogen-bond acceptors (Lipinski definition) is 3. The molecule has 94 valence electrons.